The Hall–Kier alpha value is -1.74. The minimum absolute atomic E-state index is 0.00867. The molecule has 9 heteroatoms. The minimum Gasteiger partial charge on any atom is -0.409 e. The average Bonchev–Trinajstić information content (AvgIpc) is 2.35. The quantitative estimate of drug-likeness (QED) is 0.340. The van der Waals surface area contributed by atoms with Gasteiger partial charge in [0.05, 0.1) is 6.20 Å². The predicted octanol–water partition coefficient (Wildman–Crippen LogP) is -0.0223. The Kier molecular flexibility index (Phi) is 4.56. The minimum atomic E-state index is -3.83. The zero-order chi connectivity index (χ0) is 13.8. The molecule has 7 nitrogen and oxygen atoms in total. The summed E-state index contributed by atoms with van der Waals surface area (Å²) in [6.07, 6.45) is 2.03. The van der Waals surface area contributed by atoms with Crippen molar-refractivity contribution < 1.29 is 18.0 Å². The van der Waals surface area contributed by atoms with Gasteiger partial charge in [-0.15, -0.1) is 0 Å². The van der Waals surface area contributed by atoms with Crippen LogP contribution in [0.4, 0.5) is 4.39 Å². The predicted molar refractivity (Wildman–Crippen MR) is 62.0 cm³/mol. The molecule has 0 fully saturated rings. The maximum absolute atomic E-state index is 12.9. The van der Waals surface area contributed by atoms with E-state index in [0.29, 0.717) is 0 Å². The Morgan fingerprint density at radius 1 is 1.61 bits per heavy atom. The molecule has 0 aliphatic heterocycles. The van der Waals surface area contributed by atoms with E-state index in [-0.39, 0.29) is 23.7 Å². The van der Waals surface area contributed by atoms with Crippen molar-refractivity contribution in [1.29, 1.82) is 0 Å². The lowest BCUT2D eigenvalue weighted by atomic mass is 10.4. The molecule has 0 aromatic carbocycles. The van der Waals surface area contributed by atoms with Crippen LogP contribution in [-0.2, 0) is 10.0 Å². The number of pyridine rings is 1. The van der Waals surface area contributed by atoms with E-state index in [2.05, 4.69) is 10.1 Å². The number of nitrogens with two attached hydrogens (primary N) is 1. The van der Waals surface area contributed by atoms with Gasteiger partial charge in [-0.05, 0) is 6.07 Å². The second-order valence-electron chi connectivity index (χ2n) is 3.51. The van der Waals surface area contributed by atoms with E-state index in [1.807, 2.05) is 0 Å². The van der Waals surface area contributed by atoms with Crippen LogP contribution in [0.3, 0.4) is 0 Å². The summed E-state index contributed by atoms with van der Waals surface area (Å²) < 4.78 is 37.8. The van der Waals surface area contributed by atoms with E-state index >= 15 is 0 Å². The molecule has 1 aromatic rings. The summed E-state index contributed by atoms with van der Waals surface area (Å²) in [5.74, 6) is -0.824. The first-order chi connectivity index (χ1) is 8.37. The summed E-state index contributed by atoms with van der Waals surface area (Å²) in [5.41, 5.74) is 5.23. The molecule has 1 heterocycles. The maximum atomic E-state index is 12.9. The SMILES string of the molecule is CN(CCC(N)=NO)S(=O)(=O)c1cncc(F)c1. The van der Waals surface area contributed by atoms with Gasteiger partial charge in [-0.2, -0.15) is 0 Å². The number of sulfonamides is 1. The van der Waals surface area contributed by atoms with Crippen molar-refractivity contribution in [1.82, 2.24) is 9.29 Å². The van der Waals surface area contributed by atoms with Gasteiger partial charge in [0.2, 0.25) is 10.0 Å². The summed E-state index contributed by atoms with van der Waals surface area (Å²) in [5, 5.41) is 11.1. The fourth-order valence-electron chi connectivity index (χ4n) is 1.16. The monoisotopic (exact) mass is 276 g/mol. The molecule has 0 aliphatic rings. The molecule has 0 amide bonds. The number of hydrogen-bond donors (Lipinski definition) is 2. The van der Waals surface area contributed by atoms with Gasteiger partial charge in [-0.3, -0.25) is 4.98 Å². The van der Waals surface area contributed by atoms with Crippen molar-refractivity contribution >= 4 is 15.9 Å². The highest BCUT2D eigenvalue weighted by Crippen LogP contribution is 2.14. The third-order valence-corrected chi connectivity index (χ3v) is 4.02. The Labute approximate surface area is 104 Å². The molecule has 0 spiro atoms. The first kappa shape index (κ1) is 14.3. The van der Waals surface area contributed by atoms with Crippen LogP contribution in [0.5, 0.6) is 0 Å². The highest BCUT2D eigenvalue weighted by molar-refractivity contribution is 7.89. The normalized spacial score (nSPS) is 12.9. The lowest BCUT2D eigenvalue weighted by molar-refractivity contribution is 0.316. The molecular formula is C9H13FN4O3S. The molecule has 1 aromatic heterocycles. The van der Waals surface area contributed by atoms with Crippen LogP contribution < -0.4 is 5.73 Å². The molecule has 0 bridgehead atoms. The topological polar surface area (TPSA) is 109 Å². The molecule has 3 N–H and O–H groups in total. The Balaban J connectivity index is 2.87. The highest BCUT2D eigenvalue weighted by atomic mass is 32.2. The lowest BCUT2D eigenvalue weighted by Crippen LogP contribution is -2.30. The number of aromatic nitrogens is 1. The molecule has 18 heavy (non-hydrogen) atoms. The number of hydrogen-bond acceptors (Lipinski definition) is 5. The van der Waals surface area contributed by atoms with Crippen molar-refractivity contribution in [3.63, 3.8) is 0 Å². The van der Waals surface area contributed by atoms with Crippen molar-refractivity contribution in [2.75, 3.05) is 13.6 Å². The molecule has 1 rings (SSSR count). The van der Waals surface area contributed by atoms with E-state index < -0.39 is 15.8 Å². The zero-order valence-corrected chi connectivity index (χ0v) is 10.4. The molecule has 0 saturated carbocycles. The van der Waals surface area contributed by atoms with Crippen molar-refractivity contribution in [3.8, 4) is 0 Å². The Morgan fingerprint density at radius 3 is 2.83 bits per heavy atom. The largest absolute Gasteiger partial charge is 0.409 e. The summed E-state index contributed by atoms with van der Waals surface area (Å²) in [6, 6.07) is 0.877. The van der Waals surface area contributed by atoms with Gasteiger partial charge in [0.15, 0.2) is 0 Å². The van der Waals surface area contributed by atoms with Crippen LogP contribution in [0.25, 0.3) is 0 Å². The number of amidine groups is 1. The summed E-state index contributed by atoms with van der Waals surface area (Å²) >= 11 is 0. The first-order valence-electron chi connectivity index (χ1n) is 4.91. The third kappa shape index (κ3) is 3.37. The van der Waals surface area contributed by atoms with Crippen LogP contribution >= 0.6 is 0 Å². The summed E-state index contributed by atoms with van der Waals surface area (Å²) in [4.78, 5) is 3.23. The molecule has 100 valence electrons. The van der Waals surface area contributed by atoms with Gasteiger partial charge in [0, 0.05) is 26.2 Å². The number of nitrogens with zero attached hydrogens (tertiary/aromatic N) is 3. The lowest BCUT2D eigenvalue weighted by Gasteiger charge is -2.16. The standard InChI is InChI=1S/C9H13FN4O3S/c1-14(3-2-9(11)13-15)18(16,17)8-4-7(10)5-12-6-8/h4-6,15H,2-3H2,1H3,(H2,11,13). The average molecular weight is 276 g/mol. The van der Waals surface area contributed by atoms with Crippen LogP contribution in [0.15, 0.2) is 28.5 Å². The fraction of sp³-hybridized carbons (Fsp3) is 0.333. The van der Waals surface area contributed by atoms with Crippen molar-refractivity contribution in [3.05, 3.63) is 24.3 Å². The maximum Gasteiger partial charge on any atom is 0.244 e. The van der Waals surface area contributed by atoms with Crippen molar-refractivity contribution in [2.24, 2.45) is 10.9 Å². The van der Waals surface area contributed by atoms with Gasteiger partial charge in [-0.1, -0.05) is 5.16 Å². The third-order valence-electron chi connectivity index (χ3n) is 2.20. The van der Waals surface area contributed by atoms with Crippen LogP contribution in [0, 0.1) is 5.82 Å². The second kappa shape index (κ2) is 5.74. The number of halogens is 1. The first-order valence-corrected chi connectivity index (χ1v) is 6.35. The number of oxime groups is 1. The molecular weight excluding hydrogens is 263 g/mol. The molecule has 0 radical (unpaired) electrons. The van der Waals surface area contributed by atoms with Gasteiger partial charge < -0.3 is 10.9 Å². The van der Waals surface area contributed by atoms with Crippen molar-refractivity contribution in [2.45, 2.75) is 11.3 Å². The highest BCUT2D eigenvalue weighted by Gasteiger charge is 2.21. The van der Waals surface area contributed by atoms with Crippen LogP contribution in [-0.4, -0.2) is 42.3 Å². The van der Waals surface area contributed by atoms with Crippen LogP contribution in [0.1, 0.15) is 6.42 Å². The summed E-state index contributed by atoms with van der Waals surface area (Å²) in [6.45, 7) is 0.00867. The van der Waals surface area contributed by atoms with Crippen LogP contribution in [0.2, 0.25) is 0 Å². The Morgan fingerprint density at radius 2 is 2.28 bits per heavy atom. The van der Waals surface area contributed by atoms with E-state index in [9.17, 15) is 12.8 Å². The molecule has 0 atom stereocenters. The Bertz CT molecular complexity index is 546. The molecule has 0 aliphatic carbocycles. The molecule has 0 unspecified atom stereocenters. The fourth-order valence-corrected chi connectivity index (χ4v) is 2.30. The van der Waals surface area contributed by atoms with Gasteiger partial charge in [-0.25, -0.2) is 17.1 Å². The smallest absolute Gasteiger partial charge is 0.244 e. The van der Waals surface area contributed by atoms with Gasteiger partial charge in [0.25, 0.3) is 0 Å². The van der Waals surface area contributed by atoms with E-state index in [1.54, 1.807) is 0 Å². The number of rotatable bonds is 5. The summed E-state index contributed by atoms with van der Waals surface area (Å²) in [7, 11) is -2.52. The van der Waals surface area contributed by atoms with Gasteiger partial charge >= 0.3 is 0 Å². The van der Waals surface area contributed by atoms with E-state index in [0.717, 1.165) is 22.8 Å². The van der Waals surface area contributed by atoms with E-state index in [1.165, 1.54) is 7.05 Å². The zero-order valence-electron chi connectivity index (χ0n) is 9.62. The molecule has 0 saturated heterocycles. The van der Waals surface area contributed by atoms with Gasteiger partial charge in [0.1, 0.15) is 16.5 Å². The second-order valence-corrected chi connectivity index (χ2v) is 5.55. The van der Waals surface area contributed by atoms with E-state index in [4.69, 9.17) is 10.9 Å².